The van der Waals surface area contributed by atoms with Crippen LogP contribution in [0.15, 0.2) is 61.1 Å². The van der Waals surface area contributed by atoms with Crippen LogP contribution in [-0.2, 0) is 0 Å². The van der Waals surface area contributed by atoms with Gasteiger partial charge in [-0.1, -0.05) is 30.3 Å². The lowest BCUT2D eigenvalue weighted by Gasteiger charge is -2.22. The monoisotopic (exact) mass is 346 g/mol. The van der Waals surface area contributed by atoms with Crippen LogP contribution in [0.3, 0.4) is 0 Å². The van der Waals surface area contributed by atoms with E-state index in [9.17, 15) is 4.79 Å². The summed E-state index contributed by atoms with van der Waals surface area (Å²) >= 11 is 0. The van der Waals surface area contributed by atoms with E-state index in [1.54, 1.807) is 34.8 Å². The van der Waals surface area contributed by atoms with E-state index < -0.39 is 0 Å². The predicted octanol–water partition coefficient (Wildman–Crippen LogP) is 2.95. The summed E-state index contributed by atoms with van der Waals surface area (Å²) in [5.74, 6) is 0.337. The number of amides is 1. The van der Waals surface area contributed by atoms with Gasteiger partial charge in [0.1, 0.15) is 5.69 Å². The van der Waals surface area contributed by atoms with Crippen molar-refractivity contribution in [3.8, 4) is 11.3 Å². The van der Waals surface area contributed by atoms with Gasteiger partial charge in [0.15, 0.2) is 0 Å². The molecule has 0 spiro atoms. The molecule has 1 unspecified atom stereocenters. The number of nitrogens with zero attached hydrogens (tertiary/aromatic N) is 5. The standard InChI is InChI=1S/C19H18N6O/c1-13(15-11-16(23-22-15)14-7-4-3-5-8-14)24(2)18(26)17-12-25-10-6-9-20-19(25)21-17/h3-13H,1-2H3,(H,22,23). The minimum absolute atomic E-state index is 0.168. The minimum atomic E-state index is -0.176. The smallest absolute Gasteiger partial charge is 0.274 e. The molecule has 0 bridgehead atoms. The molecule has 4 aromatic rings. The van der Waals surface area contributed by atoms with Crippen LogP contribution < -0.4 is 0 Å². The normalized spacial score (nSPS) is 12.2. The molecule has 130 valence electrons. The zero-order chi connectivity index (χ0) is 18.1. The average molecular weight is 346 g/mol. The Morgan fingerprint density at radius 3 is 2.81 bits per heavy atom. The van der Waals surface area contributed by atoms with E-state index in [-0.39, 0.29) is 11.9 Å². The lowest BCUT2D eigenvalue weighted by atomic mass is 10.1. The SMILES string of the molecule is CC(c1cc(-c2ccccc2)n[nH]1)N(C)C(=O)c1cn2cccnc2n1. The summed E-state index contributed by atoms with van der Waals surface area (Å²) in [7, 11) is 1.76. The number of aromatic amines is 1. The highest BCUT2D eigenvalue weighted by Crippen LogP contribution is 2.24. The van der Waals surface area contributed by atoms with Crippen LogP contribution in [0.2, 0.25) is 0 Å². The van der Waals surface area contributed by atoms with Gasteiger partial charge in [-0.2, -0.15) is 5.10 Å². The fourth-order valence-corrected chi connectivity index (χ4v) is 2.81. The van der Waals surface area contributed by atoms with Crippen LogP contribution >= 0.6 is 0 Å². The summed E-state index contributed by atoms with van der Waals surface area (Å²) in [6, 6.07) is 13.5. The van der Waals surface area contributed by atoms with Gasteiger partial charge in [-0.15, -0.1) is 0 Å². The van der Waals surface area contributed by atoms with E-state index in [2.05, 4.69) is 20.2 Å². The third kappa shape index (κ3) is 2.83. The van der Waals surface area contributed by atoms with Crippen LogP contribution in [0.1, 0.15) is 29.1 Å². The Morgan fingerprint density at radius 2 is 2.04 bits per heavy atom. The van der Waals surface area contributed by atoms with Crippen molar-refractivity contribution < 1.29 is 4.79 Å². The average Bonchev–Trinajstić information content (AvgIpc) is 3.34. The Balaban J connectivity index is 1.56. The van der Waals surface area contributed by atoms with Crippen molar-refractivity contribution in [2.24, 2.45) is 0 Å². The Hall–Kier alpha value is -3.48. The quantitative estimate of drug-likeness (QED) is 0.616. The molecule has 1 atom stereocenters. The highest BCUT2D eigenvalue weighted by molar-refractivity contribution is 5.92. The molecule has 0 saturated carbocycles. The van der Waals surface area contributed by atoms with Crippen molar-refractivity contribution in [2.45, 2.75) is 13.0 Å². The zero-order valence-corrected chi connectivity index (χ0v) is 14.5. The van der Waals surface area contributed by atoms with Crippen molar-refractivity contribution in [1.29, 1.82) is 0 Å². The first-order chi connectivity index (χ1) is 12.6. The molecule has 0 saturated heterocycles. The zero-order valence-electron chi connectivity index (χ0n) is 14.5. The van der Waals surface area contributed by atoms with E-state index in [1.165, 1.54) is 0 Å². The van der Waals surface area contributed by atoms with E-state index in [0.29, 0.717) is 11.5 Å². The Kier molecular flexibility index (Phi) is 3.96. The molecule has 3 aromatic heterocycles. The van der Waals surface area contributed by atoms with Crippen molar-refractivity contribution in [3.05, 3.63) is 72.4 Å². The number of aromatic nitrogens is 5. The van der Waals surface area contributed by atoms with Gasteiger partial charge in [0, 0.05) is 31.2 Å². The first-order valence-electron chi connectivity index (χ1n) is 8.31. The van der Waals surface area contributed by atoms with Crippen LogP contribution in [-0.4, -0.2) is 42.4 Å². The fraction of sp³-hybridized carbons (Fsp3) is 0.158. The minimum Gasteiger partial charge on any atom is -0.332 e. The van der Waals surface area contributed by atoms with Gasteiger partial charge < -0.3 is 4.90 Å². The van der Waals surface area contributed by atoms with Crippen molar-refractivity contribution in [3.63, 3.8) is 0 Å². The lowest BCUT2D eigenvalue weighted by molar-refractivity contribution is 0.0734. The molecule has 3 heterocycles. The van der Waals surface area contributed by atoms with Crippen molar-refractivity contribution >= 4 is 11.7 Å². The highest BCUT2D eigenvalue weighted by atomic mass is 16.2. The van der Waals surface area contributed by atoms with Crippen molar-refractivity contribution in [1.82, 2.24) is 29.5 Å². The maximum absolute atomic E-state index is 12.8. The molecule has 0 fully saturated rings. The first kappa shape index (κ1) is 16.0. The highest BCUT2D eigenvalue weighted by Gasteiger charge is 2.23. The number of nitrogens with one attached hydrogen (secondary N) is 1. The van der Waals surface area contributed by atoms with E-state index in [1.807, 2.05) is 49.5 Å². The van der Waals surface area contributed by atoms with Crippen LogP contribution in [0, 0.1) is 0 Å². The van der Waals surface area contributed by atoms with E-state index >= 15 is 0 Å². The summed E-state index contributed by atoms with van der Waals surface area (Å²) in [5.41, 5.74) is 3.11. The van der Waals surface area contributed by atoms with Gasteiger partial charge in [0.25, 0.3) is 5.91 Å². The molecular weight excluding hydrogens is 328 g/mol. The van der Waals surface area contributed by atoms with E-state index in [4.69, 9.17) is 0 Å². The molecule has 0 aliphatic heterocycles. The molecule has 7 heteroatoms. The number of fused-ring (bicyclic) bond motifs is 1. The molecule has 26 heavy (non-hydrogen) atoms. The number of hydrogen-bond acceptors (Lipinski definition) is 4. The van der Waals surface area contributed by atoms with Gasteiger partial charge >= 0.3 is 0 Å². The van der Waals surface area contributed by atoms with E-state index in [0.717, 1.165) is 17.0 Å². The van der Waals surface area contributed by atoms with Gasteiger partial charge in [-0.05, 0) is 19.1 Å². The second-order valence-corrected chi connectivity index (χ2v) is 6.12. The Morgan fingerprint density at radius 1 is 1.23 bits per heavy atom. The molecule has 0 radical (unpaired) electrons. The molecule has 7 nitrogen and oxygen atoms in total. The molecular formula is C19H18N6O. The van der Waals surface area contributed by atoms with Crippen LogP contribution in [0.5, 0.6) is 0 Å². The van der Waals surface area contributed by atoms with Crippen LogP contribution in [0.25, 0.3) is 17.0 Å². The largest absolute Gasteiger partial charge is 0.332 e. The third-order valence-corrected chi connectivity index (χ3v) is 4.47. The topological polar surface area (TPSA) is 79.2 Å². The summed E-state index contributed by atoms with van der Waals surface area (Å²) in [5, 5.41) is 7.40. The van der Waals surface area contributed by atoms with Gasteiger partial charge in [-0.3, -0.25) is 14.3 Å². The Bertz CT molecular complexity index is 1020. The maximum Gasteiger partial charge on any atom is 0.274 e. The first-order valence-corrected chi connectivity index (χ1v) is 8.31. The Labute approximate surface area is 150 Å². The number of imidazole rings is 1. The van der Waals surface area contributed by atoms with Gasteiger partial charge in [-0.25, -0.2) is 9.97 Å². The van der Waals surface area contributed by atoms with Crippen molar-refractivity contribution in [2.75, 3.05) is 7.05 Å². The summed E-state index contributed by atoms with van der Waals surface area (Å²) < 4.78 is 1.73. The molecule has 1 amide bonds. The molecule has 1 N–H and O–H groups in total. The number of benzene rings is 1. The summed E-state index contributed by atoms with van der Waals surface area (Å²) in [4.78, 5) is 22.9. The fourth-order valence-electron chi connectivity index (χ4n) is 2.81. The maximum atomic E-state index is 12.8. The number of carbonyl (C=O) groups excluding carboxylic acids is 1. The van der Waals surface area contributed by atoms with Gasteiger partial charge in [0.05, 0.1) is 17.4 Å². The molecule has 0 aliphatic carbocycles. The molecule has 1 aromatic carbocycles. The second kappa shape index (κ2) is 6.44. The van der Waals surface area contributed by atoms with Gasteiger partial charge in [0.2, 0.25) is 5.78 Å². The summed E-state index contributed by atoms with van der Waals surface area (Å²) in [6.07, 6.45) is 5.16. The summed E-state index contributed by atoms with van der Waals surface area (Å²) in [6.45, 7) is 1.95. The predicted molar refractivity (Wildman–Crippen MR) is 97.5 cm³/mol. The number of hydrogen-bond donors (Lipinski definition) is 1. The number of carbonyl (C=O) groups is 1. The van der Waals surface area contributed by atoms with Crippen LogP contribution in [0.4, 0.5) is 0 Å². The number of H-pyrrole nitrogens is 1. The molecule has 0 aliphatic rings. The molecule has 4 rings (SSSR count). The number of rotatable bonds is 4. The second-order valence-electron chi connectivity index (χ2n) is 6.12. The lowest BCUT2D eigenvalue weighted by Crippen LogP contribution is -2.30. The third-order valence-electron chi connectivity index (χ3n) is 4.47.